The van der Waals surface area contributed by atoms with Gasteiger partial charge >= 0.3 is 12.1 Å². The normalized spacial score (nSPS) is 12.2. The molecule has 2 rings (SSSR count). The van der Waals surface area contributed by atoms with Crippen LogP contribution in [0.2, 0.25) is 0 Å². The van der Waals surface area contributed by atoms with Crippen LogP contribution < -0.4 is 5.73 Å². The average Bonchev–Trinajstić information content (AvgIpc) is 2.45. The van der Waals surface area contributed by atoms with E-state index in [0.717, 1.165) is 24.3 Å². The maximum absolute atomic E-state index is 12.5. The van der Waals surface area contributed by atoms with Crippen molar-refractivity contribution in [1.82, 2.24) is 0 Å². The van der Waals surface area contributed by atoms with Crippen molar-refractivity contribution in [2.45, 2.75) is 6.18 Å². The number of hydrogen-bond donors (Lipinski definition) is 2. The second kappa shape index (κ2) is 5.93. The SMILES string of the molecule is Nc1ccccc1C=C(C(=O)O)c1ccc(C(F)(F)F)cc1. The lowest BCUT2D eigenvalue weighted by Crippen LogP contribution is -2.05. The second-order valence-corrected chi connectivity index (χ2v) is 4.57. The van der Waals surface area contributed by atoms with Crippen molar-refractivity contribution >= 4 is 23.3 Å². The monoisotopic (exact) mass is 307 g/mol. The Hall–Kier alpha value is -2.76. The van der Waals surface area contributed by atoms with Crippen LogP contribution in [0, 0.1) is 0 Å². The number of carbonyl (C=O) groups is 1. The molecule has 0 spiro atoms. The third-order valence-corrected chi connectivity index (χ3v) is 3.05. The summed E-state index contributed by atoms with van der Waals surface area (Å²) in [7, 11) is 0. The Labute approximate surface area is 124 Å². The van der Waals surface area contributed by atoms with Crippen LogP contribution in [0.1, 0.15) is 16.7 Å². The van der Waals surface area contributed by atoms with Gasteiger partial charge < -0.3 is 10.8 Å². The van der Waals surface area contributed by atoms with Gasteiger partial charge in [-0.1, -0.05) is 30.3 Å². The highest BCUT2D eigenvalue weighted by atomic mass is 19.4. The zero-order chi connectivity index (χ0) is 16.3. The lowest BCUT2D eigenvalue weighted by atomic mass is 10.0. The molecule has 2 aromatic carbocycles. The number of carboxylic acid groups (broad SMARTS) is 1. The summed E-state index contributed by atoms with van der Waals surface area (Å²) in [6.45, 7) is 0. The van der Waals surface area contributed by atoms with Crippen LogP contribution >= 0.6 is 0 Å². The highest BCUT2D eigenvalue weighted by Gasteiger charge is 2.30. The Morgan fingerprint density at radius 3 is 2.14 bits per heavy atom. The molecule has 0 amide bonds. The lowest BCUT2D eigenvalue weighted by Gasteiger charge is -2.09. The van der Waals surface area contributed by atoms with Crippen molar-refractivity contribution in [2.24, 2.45) is 0 Å². The third-order valence-electron chi connectivity index (χ3n) is 3.05. The third kappa shape index (κ3) is 3.46. The zero-order valence-corrected chi connectivity index (χ0v) is 11.3. The van der Waals surface area contributed by atoms with E-state index in [2.05, 4.69) is 0 Å². The molecule has 0 aliphatic rings. The Morgan fingerprint density at radius 2 is 1.64 bits per heavy atom. The Kier molecular flexibility index (Phi) is 4.21. The van der Waals surface area contributed by atoms with Gasteiger partial charge in [-0.2, -0.15) is 13.2 Å². The lowest BCUT2D eigenvalue weighted by molar-refractivity contribution is -0.137. The van der Waals surface area contributed by atoms with E-state index < -0.39 is 17.7 Å². The molecule has 6 heteroatoms. The largest absolute Gasteiger partial charge is 0.478 e. The maximum atomic E-state index is 12.5. The first-order valence-electron chi connectivity index (χ1n) is 6.26. The molecule has 0 unspecified atom stereocenters. The topological polar surface area (TPSA) is 63.3 Å². The number of benzene rings is 2. The number of rotatable bonds is 3. The van der Waals surface area contributed by atoms with Gasteiger partial charge in [-0.05, 0) is 35.4 Å². The number of aliphatic carboxylic acids is 1. The van der Waals surface area contributed by atoms with E-state index in [4.69, 9.17) is 5.73 Å². The molecule has 0 fully saturated rings. The summed E-state index contributed by atoms with van der Waals surface area (Å²) in [4.78, 5) is 11.4. The van der Waals surface area contributed by atoms with Crippen LogP contribution in [0.3, 0.4) is 0 Å². The number of para-hydroxylation sites is 1. The van der Waals surface area contributed by atoms with Crippen molar-refractivity contribution in [3.05, 3.63) is 65.2 Å². The van der Waals surface area contributed by atoms with Gasteiger partial charge in [0, 0.05) is 5.69 Å². The van der Waals surface area contributed by atoms with Gasteiger partial charge in [-0.25, -0.2) is 4.79 Å². The fourth-order valence-electron chi connectivity index (χ4n) is 1.91. The van der Waals surface area contributed by atoms with Crippen molar-refractivity contribution in [3.63, 3.8) is 0 Å². The summed E-state index contributed by atoms with van der Waals surface area (Å²) in [5, 5.41) is 9.28. The van der Waals surface area contributed by atoms with Crippen LogP contribution in [0.4, 0.5) is 18.9 Å². The van der Waals surface area contributed by atoms with E-state index in [1.54, 1.807) is 24.3 Å². The van der Waals surface area contributed by atoms with Gasteiger partial charge in [0.1, 0.15) is 0 Å². The zero-order valence-electron chi connectivity index (χ0n) is 11.3. The first kappa shape index (κ1) is 15.6. The molecule has 22 heavy (non-hydrogen) atoms. The molecule has 3 N–H and O–H groups in total. The summed E-state index contributed by atoms with van der Waals surface area (Å²) in [5.74, 6) is -1.25. The molecule has 3 nitrogen and oxygen atoms in total. The molecular formula is C16H12F3NO2. The fraction of sp³-hybridized carbons (Fsp3) is 0.0625. The standard InChI is InChI=1S/C16H12F3NO2/c17-16(18,19)12-7-5-10(6-8-12)13(15(21)22)9-11-3-1-2-4-14(11)20/h1-9H,20H2,(H,21,22). The van der Waals surface area contributed by atoms with Gasteiger partial charge in [0.15, 0.2) is 0 Å². The van der Waals surface area contributed by atoms with E-state index in [1.807, 2.05) is 0 Å². The summed E-state index contributed by atoms with van der Waals surface area (Å²) >= 11 is 0. The van der Waals surface area contributed by atoms with Gasteiger partial charge in [-0.3, -0.25) is 0 Å². The van der Waals surface area contributed by atoms with Crippen molar-refractivity contribution in [1.29, 1.82) is 0 Å². The quantitative estimate of drug-likeness (QED) is 0.513. The van der Waals surface area contributed by atoms with Gasteiger partial charge in [0.2, 0.25) is 0 Å². The number of halogens is 3. The van der Waals surface area contributed by atoms with Crippen LogP contribution in [0.5, 0.6) is 0 Å². The van der Waals surface area contributed by atoms with Crippen molar-refractivity contribution in [2.75, 3.05) is 5.73 Å². The number of anilines is 1. The van der Waals surface area contributed by atoms with E-state index in [9.17, 15) is 23.1 Å². The molecule has 0 radical (unpaired) electrons. The molecular weight excluding hydrogens is 295 g/mol. The number of nitrogens with two attached hydrogens (primary N) is 1. The number of nitrogen functional groups attached to an aromatic ring is 1. The van der Waals surface area contributed by atoms with Gasteiger partial charge in [-0.15, -0.1) is 0 Å². The van der Waals surface area contributed by atoms with E-state index in [-0.39, 0.29) is 11.1 Å². The second-order valence-electron chi connectivity index (χ2n) is 4.57. The predicted octanol–water partition coefficient (Wildman–Crippen LogP) is 3.91. The van der Waals surface area contributed by atoms with Gasteiger partial charge in [0.25, 0.3) is 0 Å². The van der Waals surface area contributed by atoms with Crippen molar-refractivity contribution < 1.29 is 23.1 Å². The molecule has 0 aliphatic carbocycles. The first-order chi connectivity index (χ1) is 10.3. The maximum Gasteiger partial charge on any atom is 0.416 e. The van der Waals surface area contributed by atoms with Gasteiger partial charge in [0.05, 0.1) is 11.1 Å². The molecule has 0 bridgehead atoms. The van der Waals surface area contributed by atoms with Crippen LogP contribution in [0.15, 0.2) is 48.5 Å². The molecule has 114 valence electrons. The molecule has 0 saturated heterocycles. The van der Waals surface area contributed by atoms with Crippen LogP contribution in [-0.2, 0) is 11.0 Å². The summed E-state index contributed by atoms with van der Waals surface area (Å²) in [5.41, 5.74) is 5.81. The minimum absolute atomic E-state index is 0.133. The average molecular weight is 307 g/mol. The summed E-state index contributed by atoms with van der Waals surface area (Å²) in [6.07, 6.45) is -3.13. The molecule has 0 aliphatic heterocycles. The number of alkyl halides is 3. The van der Waals surface area contributed by atoms with Crippen LogP contribution in [-0.4, -0.2) is 11.1 Å². The molecule has 0 saturated carbocycles. The molecule has 0 heterocycles. The van der Waals surface area contributed by atoms with E-state index in [1.165, 1.54) is 6.08 Å². The van der Waals surface area contributed by atoms with E-state index >= 15 is 0 Å². The summed E-state index contributed by atoms with van der Waals surface area (Å²) < 4.78 is 37.6. The highest BCUT2D eigenvalue weighted by molar-refractivity contribution is 6.21. The Balaban J connectivity index is 2.45. The summed E-state index contributed by atoms with van der Waals surface area (Å²) in [6, 6.07) is 10.6. The fourth-order valence-corrected chi connectivity index (χ4v) is 1.91. The Bertz CT molecular complexity index is 719. The highest BCUT2D eigenvalue weighted by Crippen LogP contribution is 2.30. The number of carboxylic acids is 1. The molecule has 0 aromatic heterocycles. The number of hydrogen-bond acceptors (Lipinski definition) is 2. The van der Waals surface area contributed by atoms with Crippen LogP contribution in [0.25, 0.3) is 11.6 Å². The minimum atomic E-state index is -4.46. The molecule has 2 aromatic rings. The van der Waals surface area contributed by atoms with Crippen molar-refractivity contribution in [3.8, 4) is 0 Å². The minimum Gasteiger partial charge on any atom is -0.478 e. The smallest absolute Gasteiger partial charge is 0.416 e. The van der Waals surface area contributed by atoms with E-state index in [0.29, 0.717) is 11.3 Å². The predicted molar refractivity (Wildman–Crippen MR) is 77.8 cm³/mol. The molecule has 0 atom stereocenters. The first-order valence-corrected chi connectivity index (χ1v) is 6.26. The Morgan fingerprint density at radius 1 is 1.05 bits per heavy atom.